The molecular formula is C11H17N3O3S. The summed E-state index contributed by atoms with van der Waals surface area (Å²) >= 11 is 1.23. The second kappa shape index (κ2) is 5.34. The SMILES string of the molecule is C/C(=N/O)c1sc(NC(=O)OC(C)(C)C)nc1C. The molecule has 2 N–H and O–H groups in total. The normalized spacial score (nSPS) is 12.4. The van der Waals surface area contributed by atoms with Gasteiger partial charge in [0.05, 0.1) is 16.3 Å². The van der Waals surface area contributed by atoms with Crippen LogP contribution in [0.4, 0.5) is 9.93 Å². The van der Waals surface area contributed by atoms with Crippen molar-refractivity contribution < 1.29 is 14.7 Å². The van der Waals surface area contributed by atoms with Gasteiger partial charge in [-0.1, -0.05) is 16.5 Å². The molecule has 0 saturated carbocycles. The van der Waals surface area contributed by atoms with E-state index >= 15 is 0 Å². The Labute approximate surface area is 110 Å². The Balaban J connectivity index is 2.78. The van der Waals surface area contributed by atoms with Gasteiger partial charge in [0.2, 0.25) is 0 Å². The second-order valence-electron chi connectivity index (χ2n) is 4.75. The molecule has 1 heterocycles. The molecule has 6 nitrogen and oxygen atoms in total. The highest BCUT2D eigenvalue weighted by Crippen LogP contribution is 2.23. The van der Waals surface area contributed by atoms with Crippen molar-refractivity contribution in [1.82, 2.24) is 4.98 Å². The van der Waals surface area contributed by atoms with Crippen LogP contribution in [-0.4, -0.2) is 27.6 Å². The minimum Gasteiger partial charge on any atom is -0.444 e. The van der Waals surface area contributed by atoms with E-state index in [-0.39, 0.29) is 0 Å². The second-order valence-corrected chi connectivity index (χ2v) is 5.74. The smallest absolute Gasteiger partial charge is 0.413 e. The van der Waals surface area contributed by atoms with Crippen molar-refractivity contribution in [3.05, 3.63) is 10.6 Å². The maximum atomic E-state index is 11.5. The van der Waals surface area contributed by atoms with Crippen molar-refractivity contribution in [2.45, 2.75) is 40.2 Å². The number of hydrogen-bond donors (Lipinski definition) is 2. The number of ether oxygens (including phenoxy) is 1. The summed E-state index contributed by atoms with van der Waals surface area (Å²) in [6, 6.07) is 0. The lowest BCUT2D eigenvalue weighted by Crippen LogP contribution is -2.27. The Morgan fingerprint density at radius 2 is 2.11 bits per heavy atom. The Kier molecular flexibility index (Phi) is 4.28. The molecule has 1 rings (SSSR count). The van der Waals surface area contributed by atoms with Crippen LogP contribution in [0.25, 0.3) is 0 Å². The van der Waals surface area contributed by atoms with Gasteiger partial charge in [0.1, 0.15) is 5.60 Å². The number of amides is 1. The summed E-state index contributed by atoms with van der Waals surface area (Å²) in [5, 5.41) is 14.8. The molecule has 0 aliphatic carbocycles. The molecule has 1 aromatic rings. The van der Waals surface area contributed by atoms with Crippen molar-refractivity contribution in [3.8, 4) is 0 Å². The molecular weight excluding hydrogens is 254 g/mol. The highest BCUT2D eigenvalue weighted by Gasteiger charge is 2.18. The van der Waals surface area contributed by atoms with Gasteiger partial charge in [-0.15, -0.1) is 0 Å². The number of aromatic nitrogens is 1. The predicted octanol–water partition coefficient (Wildman–Crippen LogP) is 3.00. The molecule has 0 unspecified atom stereocenters. The van der Waals surface area contributed by atoms with Crippen LogP contribution in [0, 0.1) is 6.92 Å². The van der Waals surface area contributed by atoms with E-state index in [0.717, 1.165) is 4.88 Å². The van der Waals surface area contributed by atoms with Crippen LogP contribution in [0.3, 0.4) is 0 Å². The highest BCUT2D eigenvalue weighted by atomic mass is 32.1. The predicted molar refractivity (Wildman–Crippen MR) is 70.7 cm³/mol. The van der Waals surface area contributed by atoms with Gasteiger partial charge >= 0.3 is 6.09 Å². The molecule has 100 valence electrons. The molecule has 0 saturated heterocycles. The van der Waals surface area contributed by atoms with Crippen LogP contribution >= 0.6 is 11.3 Å². The monoisotopic (exact) mass is 271 g/mol. The van der Waals surface area contributed by atoms with E-state index in [1.165, 1.54) is 11.3 Å². The summed E-state index contributed by atoms with van der Waals surface area (Å²) in [4.78, 5) is 16.4. The van der Waals surface area contributed by atoms with Crippen LogP contribution in [0.15, 0.2) is 5.16 Å². The van der Waals surface area contributed by atoms with E-state index in [4.69, 9.17) is 9.94 Å². The third kappa shape index (κ3) is 3.99. The van der Waals surface area contributed by atoms with Gasteiger partial charge in [-0.2, -0.15) is 0 Å². The number of carbonyl (C=O) groups is 1. The lowest BCUT2D eigenvalue weighted by molar-refractivity contribution is 0.0636. The third-order valence-electron chi connectivity index (χ3n) is 1.88. The minimum absolute atomic E-state index is 0.416. The molecule has 1 aromatic heterocycles. The molecule has 7 heteroatoms. The number of aryl methyl sites for hydroxylation is 1. The van der Waals surface area contributed by atoms with Crippen LogP contribution in [-0.2, 0) is 4.74 Å². The fraction of sp³-hybridized carbons (Fsp3) is 0.545. The van der Waals surface area contributed by atoms with Gasteiger partial charge in [0, 0.05) is 0 Å². The first-order chi connectivity index (χ1) is 8.23. The first-order valence-electron chi connectivity index (χ1n) is 5.39. The topological polar surface area (TPSA) is 83.8 Å². The van der Waals surface area contributed by atoms with Crippen molar-refractivity contribution in [2.75, 3.05) is 5.32 Å². The average Bonchev–Trinajstić information content (AvgIpc) is 2.55. The van der Waals surface area contributed by atoms with Gasteiger partial charge in [-0.05, 0) is 34.6 Å². The largest absolute Gasteiger partial charge is 0.444 e. The van der Waals surface area contributed by atoms with Gasteiger partial charge < -0.3 is 9.94 Å². The standard InChI is InChI=1S/C11H17N3O3S/c1-6-8(7(2)14-16)18-9(12-6)13-10(15)17-11(3,4)5/h16H,1-5H3,(H,12,13,15)/b14-7-. The molecule has 18 heavy (non-hydrogen) atoms. The number of oxime groups is 1. The summed E-state index contributed by atoms with van der Waals surface area (Å²) in [5.74, 6) is 0. The Hall–Kier alpha value is -1.63. The minimum atomic E-state index is -0.554. The van der Waals surface area contributed by atoms with Gasteiger partial charge in [-0.3, -0.25) is 5.32 Å². The fourth-order valence-corrected chi connectivity index (χ4v) is 2.11. The summed E-state index contributed by atoms with van der Waals surface area (Å²) in [7, 11) is 0. The molecule has 0 aliphatic heterocycles. The molecule has 0 radical (unpaired) electrons. The number of carbonyl (C=O) groups excluding carboxylic acids is 1. The lowest BCUT2D eigenvalue weighted by atomic mass is 10.2. The maximum absolute atomic E-state index is 11.5. The molecule has 0 spiro atoms. The number of nitrogens with zero attached hydrogens (tertiary/aromatic N) is 2. The number of rotatable bonds is 2. The van der Waals surface area contributed by atoms with Crippen LogP contribution in [0.1, 0.15) is 38.3 Å². The molecule has 0 atom stereocenters. The summed E-state index contributed by atoms with van der Waals surface area (Å²) in [6.07, 6.45) is -0.554. The van der Waals surface area contributed by atoms with Crippen LogP contribution < -0.4 is 5.32 Å². The van der Waals surface area contributed by atoms with Gasteiger partial charge in [0.25, 0.3) is 0 Å². The molecule has 1 amide bonds. The Morgan fingerprint density at radius 3 is 2.61 bits per heavy atom. The first kappa shape index (κ1) is 14.4. The van der Waals surface area contributed by atoms with E-state index < -0.39 is 11.7 Å². The van der Waals surface area contributed by atoms with Crippen LogP contribution in [0.2, 0.25) is 0 Å². The number of anilines is 1. The third-order valence-corrected chi connectivity index (χ3v) is 3.06. The average molecular weight is 271 g/mol. The molecule has 0 fully saturated rings. The van der Waals surface area contributed by atoms with Gasteiger partial charge in [-0.25, -0.2) is 9.78 Å². The maximum Gasteiger partial charge on any atom is 0.413 e. The number of thiazole rings is 1. The van der Waals surface area contributed by atoms with E-state index in [1.807, 2.05) is 0 Å². The quantitative estimate of drug-likeness (QED) is 0.492. The fourth-order valence-electron chi connectivity index (χ4n) is 1.22. The zero-order chi connectivity index (χ0) is 13.9. The molecule has 0 bridgehead atoms. The zero-order valence-corrected chi connectivity index (χ0v) is 11.9. The summed E-state index contributed by atoms with van der Waals surface area (Å²) < 4.78 is 5.11. The van der Waals surface area contributed by atoms with Crippen molar-refractivity contribution in [3.63, 3.8) is 0 Å². The van der Waals surface area contributed by atoms with E-state index in [2.05, 4.69) is 15.5 Å². The van der Waals surface area contributed by atoms with E-state index in [0.29, 0.717) is 16.5 Å². The van der Waals surface area contributed by atoms with Crippen molar-refractivity contribution in [2.24, 2.45) is 5.16 Å². The molecule has 0 aromatic carbocycles. The Morgan fingerprint density at radius 1 is 1.50 bits per heavy atom. The summed E-state index contributed by atoms with van der Waals surface area (Å²) in [6.45, 7) is 8.80. The van der Waals surface area contributed by atoms with E-state index in [1.54, 1.807) is 34.6 Å². The van der Waals surface area contributed by atoms with Crippen LogP contribution in [0.5, 0.6) is 0 Å². The number of hydrogen-bond acceptors (Lipinski definition) is 6. The van der Waals surface area contributed by atoms with Crippen molar-refractivity contribution >= 4 is 28.3 Å². The number of nitrogens with one attached hydrogen (secondary N) is 1. The zero-order valence-electron chi connectivity index (χ0n) is 11.1. The first-order valence-corrected chi connectivity index (χ1v) is 6.21. The Bertz CT molecular complexity index is 474. The van der Waals surface area contributed by atoms with Crippen molar-refractivity contribution in [1.29, 1.82) is 0 Å². The molecule has 0 aliphatic rings. The highest BCUT2D eigenvalue weighted by molar-refractivity contribution is 7.17. The lowest BCUT2D eigenvalue weighted by Gasteiger charge is -2.18. The van der Waals surface area contributed by atoms with Gasteiger partial charge in [0.15, 0.2) is 5.13 Å². The van der Waals surface area contributed by atoms with E-state index in [9.17, 15) is 4.79 Å². The summed E-state index contributed by atoms with van der Waals surface area (Å²) in [5.41, 5.74) is 0.602.